The second-order valence-electron chi connectivity index (χ2n) is 4.72. The van der Waals surface area contributed by atoms with Crippen molar-refractivity contribution < 1.29 is 9.53 Å². The zero-order valence-corrected chi connectivity index (χ0v) is 12.9. The first-order chi connectivity index (χ1) is 9.94. The van der Waals surface area contributed by atoms with Crippen molar-refractivity contribution in [1.29, 1.82) is 0 Å². The lowest BCUT2D eigenvalue weighted by molar-refractivity contribution is -0.118. The minimum absolute atomic E-state index is 0.112. The zero-order valence-electron chi connectivity index (χ0n) is 12.1. The summed E-state index contributed by atoms with van der Waals surface area (Å²) in [4.78, 5) is 20.1. The largest absolute Gasteiger partial charge is 0.483 e. The van der Waals surface area contributed by atoms with E-state index in [4.69, 9.17) is 16.3 Å². The molecule has 6 heteroatoms. The number of nitrogens with zero attached hydrogens (tertiary/aromatic N) is 2. The Hall–Kier alpha value is -2.14. The summed E-state index contributed by atoms with van der Waals surface area (Å²) < 4.78 is 5.46. The van der Waals surface area contributed by atoms with Gasteiger partial charge in [-0.25, -0.2) is 9.97 Å². The first-order valence-corrected chi connectivity index (χ1v) is 6.83. The second-order valence-corrected chi connectivity index (χ2v) is 5.16. The van der Waals surface area contributed by atoms with Crippen LogP contribution in [0.3, 0.4) is 0 Å². The molecule has 0 atom stereocenters. The quantitative estimate of drug-likeness (QED) is 0.943. The molecule has 0 radical (unpaired) electrons. The van der Waals surface area contributed by atoms with Gasteiger partial charge in [0.1, 0.15) is 5.75 Å². The molecule has 1 amide bonds. The Morgan fingerprint density at radius 2 is 1.86 bits per heavy atom. The predicted molar refractivity (Wildman–Crippen MR) is 81.8 cm³/mol. The van der Waals surface area contributed by atoms with E-state index in [2.05, 4.69) is 15.3 Å². The van der Waals surface area contributed by atoms with Crippen molar-refractivity contribution in [3.63, 3.8) is 0 Å². The van der Waals surface area contributed by atoms with E-state index in [0.717, 1.165) is 17.0 Å². The number of anilines is 1. The zero-order chi connectivity index (χ0) is 15.4. The number of amides is 1. The Bertz CT molecular complexity index is 654. The molecule has 5 nitrogen and oxygen atoms in total. The Labute approximate surface area is 128 Å². The number of halogens is 1. The molecule has 1 aromatic carbocycles. The number of ether oxygens (including phenoxy) is 1. The van der Waals surface area contributed by atoms with Crippen LogP contribution in [0.15, 0.2) is 24.3 Å². The highest BCUT2D eigenvalue weighted by Gasteiger charge is 2.08. The molecular weight excluding hydrogens is 290 g/mol. The van der Waals surface area contributed by atoms with Crippen LogP contribution in [0.2, 0.25) is 5.02 Å². The van der Waals surface area contributed by atoms with E-state index in [1.165, 1.54) is 0 Å². The number of benzene rings is 1. The van der Waals surface area contributed by atoms with Gasteiger partial charge in [-0.1, -0.05) is 11.6 Å². The monoisotopic (exact) mass is 305 g/mol. The van der Waals surface area contributed by atoms with Crippen molar-refractivity contribution in [2.75, 3.05) is 11.9 Å². The van der Waals surface area contributed by atoms with E-state index in [9.17, 15) is 4.79 Å². The first kappa shape index (κ1) is 15.3. The van der Waals surface area contributed by atoms with Crippen LogP contribution in [0.25, 0.3) is 0 Å². The maximum absolute atomic E-state index is 11.8. The molecule has 0 aliphatic heterocycles. The number of aryl methyl sites for hydroxylation is 3. The summed E-state index contributed by atoms with van der Waals surface area (Å²) in [7, 11) is 0. The topological polar surface area (TPSA) is 64.1 Å². The highest BCUT2D eigenvalue weighted by Crippen LogP contribution is 2.21. The summed E-state index contributed by atoms with van der Waals surface area (Å²) in [5.41, 5.74) is 2.47. The van der Waals surface area contributed by atoms with Gasteiger partial charge >= 0.3 is 0 Å². The number of aromatic nitrogens is 2. The Balaban J connectivity index is 1.95. The van der Waals surface area contributed by atoms with Crippen molar-refractivity contribution in [3.8, 4) is 5.75 Å². The van der Waals surface area contributed by atoms with Gasteiger partial charge in [0.2, 0.25) is 5.95 Å². The highest BCUT2D eigenvalue weighted by atomic mass is 35.5. The van der Waals surface area contributed by atoms with E-state index in [0.29, 0.717) is 10.8 Å². The van der Waals surface area contributed by atoms with Crippen LogP contribution in [-0.4, -0.2) is 22.5 Å². The first-order valence-electron chi connectivity index (χ1n) is 6.45. The van der Waals surface area contributed by atoms with Crippen molar-refractivity contribution in [2.45, 2.75) is 20.8 Å². The van der Waals surface area contributed by atoms with Crippen LogP contribution in [-0.2, 0) is 4.79 Å². The van der Waals surface area contributed by atoms with E-state index >= 15 is 0 Å². The maximum Gasteiger partial charge on any atom is 0.264 e. The lowest BCUT2D eigenvalue weighted by Gasteiger charge is -2.09. The Kier molecular flexibility index (Phi) is 4.75. The van der Waals surface area contributed by atoms with Crippen molar-refractivity contribution in [2.24, 2.45) is 0 Å². The number of rotatable bonds is 4. The molecule has 0 saturated carbocycles. The van der Waals surface area contributed by atoms with Crippen LogP contribution in [0.5, 0.6) is 5.75 Å². The van der Waals surface area contributed by atoms with Gasteiger partial charge in [-0.3, -0.25) is 10.1 Å². The molecular formula is C15H16ClN3O2. The lowest BCUT2D eigenvalue weighted by Crippen LogP contribution is -2.22. The van der Waals surface area contributed by atoms with Gasteiger partial charge in [0.15, 0.2) is 6.61 Å². The van der Waals surface area contributed by atoms with Crippen LogP contribution >= 0.6 is 11.6 Å². The third kappa shape index (κ3) is 4.43. The van der Waals surface area contributed by atoms with Gasteiger partial charge in [0, 0.05) is 16.4 Å². The highest BCUT2D eigenvalue weighted by molar-refractivity contribution is 6.30. The Morgan fingerprint density at radius 1 is 1.19 bits per heavy atom. The van der Waals surface area contributed by atoms with Gasteiger partial charge < -0.3 is 4.74 Å². The molecule has 0 spiro atoms. The number of carbonyl (C=O) groups excluding carboxylic acids is 1. The summed E-state index contributed by atoms with van der Waals surface area (Å²) >= 11 is 5.87. The molecule has 1 aromatic heterocycles. The normalized spacial score (nSPS) is 10.3. The third-order valence-corrected chi connectivity index (χ3v) is 2.96. The van der Waals surface area contributed by atoms with Gasteiger partial charge in [-0.2, -0.15) is 0 Å². The van der Waals surface area contributed by atoms with E-state index in [1.54, 1.807) is 18.2 Å². The predicted octanol–water partition coefficient (Wildman–Crippen LogP) is 3.07. The standard InChI is InChI=1S/C15H16ClN3O2/c1-9-6-12(16)4-5-13(9)21-8-14(20)19-15-17-10(2)7-11(3)18-15/h4-7H,8H2,1-3H3,(H,17,18,19,20). The molecule has 2 rings (SSSR count). The fourth-order valence-electron chi connectivity index (χ4n) is 1.86. The molecule has 1 heterocycles. The van der Waals surface area contributed by atoms with E-state index < -0.39 is 0 Å². The SMILES string of the molecule is Cc1cc(C)nc(NC(=O)COc2ccc(Cl)cc2C)n1. The molecule has 21 heavy (non-hydrogen) atoms. The lowest BCUT2D eigenvalue weighted by atomic mass is 10.2. The molecule has 0 fully saturated rings. The van der Waals surface area contributed by atoms with Crippen LogP contribution in [0.4, 0.5) is 5.95 Å². The van der Waals surface area contributed by atoms with E-state index in [1.807, 2.05) is 26.8 Å². The summed E-state index contributed by atoms with van der Waals surface area (Å²) in [6.07, 6.45) is 0. The van der Waals surface area contributed by atoms with E-state index in [-0.39, 0.29) is 18.5 Å². The van der Waals surface area contributed by atoms with Crippen LogP contribution < -0.4 is 10.1 Å². The fraction of sp³-hybridized carbons (Fsp3) is 0.267. The van der Waals surface area contributed by atoms with Crippen molar-refractivity contribution in [1.82, 2.24) is 9.97 Å². The summed E-state index contributed by atoms with van der Waals surface area (Å²) in [6, 6.07) is 7.07. The number of hydrogen-bond donors (Lipinski definition) is 1. The summed E-state index contributed by atoms with van der Waals surface area (Å²) in [5.74, 6) is 0.596. The number of hydrogen-bond acceptors (Lipinski definition) is 4. The molecule has 0 aliphatic rings. The molecule has 1 N–H and O–H groups in total. The van der Waals surface area contributed by atoms with Gasteiger partial charge in [-0.15, -0.1) is 0 Å². The minimum atomic E-state index is -0.311. The average Bonchev–Trinajstić information content (AvgIpc) is 2.36. The third-order valence-electron chi connectivity index (χ3n) is 2.73. The fourth-order valence-corrected chi connectivity index (χ4v) is 2.09. The molecule has 2 aromatic rings. The smallest absolute Gasteiger partial charge is 0.264 e. The van der Waals surface area contributed by atoms with Gasteiger partial charge in [-0.05, 0) is 50.6 Å². The molecule has 0 bridgehead atoms. The molecule has 0 unspecified atom stereocenters. The molecule has 0 aliphatic carbocycles. The minimum Gasteiger partial charge on any atom is -0.483 e. The average molecular weight is 306 g/mol. The second kappa shape index (κ2) is 6.54. The molecule has 0 saturated heterocycles. The van der Waals surface area contributed by atoms with Crippen LogP contribution in [0.1, 0.15) is 17.0 Å². The van der Waals surface area contributed by atoms with Crippen LogP contribution in [0, 0.1) is 20.8 Å². The summed E-state index contributed by atoms with van der Waals surface area (Å²) in [5, 5.41) is 3.24. The number of nitrogens with one attached hydrogen (secondary N) is 1. The summed E-state index contributed by atoms with van der Waals surface area (Å²) in [6.45, 7) is 5.45. The van der Waals surface area contributed by atoms with Gasteiger partial charge in [0.25, 0.3) is 5.91 Å². The van der Waals surface area contributed by atoms with Crippen molar-refractivity contribution in [3.05, 3.63) is 46.2 Å². The van der Waals surface area contributed by atoms with Crippen molar-refractivity contribution >= 4 is 23.5 Å². The number of carbonyl (C=O) groups is 1. The van der Waals surface area contributed by atoms with Gasteiger partial charge in [0.05, 0.1) is 0 Å². The Morgan fingerprint density at radius 3 is 2.48 bits per heavy atom. The molecule has 110 valence electrons. The maximum atomic E-state index is 11.8.